The maximum absolute atomic E-state index is 11.8. The van der Waals surface area contributed by atoms with Crippen LogP contribution in [-0.4, -0.2) is 12.5 Å². The van der Waals surface area contributed by atoms with Gasteiger partial charge in [-0.05, 0) is 48.1 Å². The van der Waals surface area contributed by atoms with Crippen molar-refractivity contribution in [2.45, 2.75) is 26.8 Å². The average Bonchev–Trinajstić information content (AvgIpc) is 2.86. The predicted octanol–water partition coefficient (Wildman–Crippen LogP) is 3.35. The van der Waals surface area contributed by atoms with Crippen molar-refractivity contribution in [2.75, 3.05) is 11.9 Å². The van der Waals surface area contributed by atoms with Crippen LogP contribution < -0.4 is 10.6 Å². The summed E-state index contributed by atoms with van der Waals surface area (Å²) in [5, 5.41) is 8.19. The van der Waals surface area contributed by atoms with Crippen molar-refractivity contribution in [1.29, 1.82) is 0 Å². The summed E-state index contributed by atoms with van der Waals surface area (Å²) in [6.45, 7) is 5.24. The van der Waals surface area contributed by atoms with E-state index in [9.17, 15) is 4.79 Å². The molecule has 20 heavy (non-hydrogen) atoms. The number of hydrogen-bond acceptors (Lipinski definition) is 3. The molecule has 2 aromatic rings. The van der Waals surface area contributed by atoms with Crippen molar-refractivity contribution < 1.29 is 4.79 Å². The zero-order valence-corrected chi connectivity index (χ0v) is 12.7. The lowest BCUT2D eigenvalue weighted by Crippen LogP contribution is -2.27. The predicted molar refractivity (Wildman–Crippen MR) is 85.2 cm³/mol. The topological polar surface area (TPSA) is 41.1 Å². The van der Waals surface area contributed by atoms with Gasteiger partial charge >= 0.3 is 0 Å². The van der Waals surface area contributed by atoms with Crippen molar-refractivity contribution in [1.82, 2.24) is 5.32 Å². The second kappa shape index (κ2) is 7.22. The summed E-state index contributed by atoms with van der Waals surface area (Å²) in [5.41, 5.74) is 3.35. The number of anilines is 1. The van der Waals surface area contributed by atoms with E-state index in [4.69, 9.17) is 0 Å². The molecule has 0 spiro atoms. The monoisotopic (exact) mass is 288 g/mol. The molecule has 1 aromatic heterocycles. The fourth-order valence-electron chi connectivity index (χ4n) is 2.05. The van der Waals surface area contributed by atoms with Crippen LogP contribution in [0.4, 0.5) is 5.69 Å². The molecule has 1 heterocycles. The molecule has 0 aliphatic rings. The summed E-state index contributed by atoms with van der Waals surface area (Å²) >= 11 is 1.74. The number of nitrogens with one attached hydrogen (secondary N) is 2. The summed E-state index contributed by atoms with van der Waals surface area (Å²) in [6, 6.07) is 9.97. The third-order valence-corrected chi connectivity index (χ3v) is 4.05. The number of thiophene rings is 1. The molecule has 4 heteroatoms. The van der Waals surface area contributed by atoms with Crippen molar-refractivity contribution >= 4 is 22.9 Å². The Bertz CT molecular complexity index is 577. The fourth-order valence-corrected chi connectivity index (χ4v) is 3.00. The summed E-state index contributed by atoms with van der Waals surface area (Å²) in [4.78, 5) is 13.2. The van der Waals surface area contributed by atoms with E-state index in [0.717, 1.165) is 24.2 Å². The van der Waals surface area contributed by atoms with Crippen molar-refractivity contribution in [3.63, 3.8) is 0 Å². The van der Waals surface area contributed by atoms with Gasteiger partial charge in [0.25, 0.3) is 0 Å². The molecule has 0 aliphatic heterocycles. The summed E-state index contributed by atoms with van der Waals surface area (Å²) < 4.78 is 0. The highest BCUT2D eigenvalue weighted by Gasteiger charge is 2.05. The van der Waals surface area contributed by atoms with Gasteiger partial charge in [-0.15, -0.1) is 11.3 Å². The van der Waals surface area contributed by atoms with Crippen LogP contribution >= 0.6 is 11.3 Å². The van der Waals surface area contributed by atoms with E-state index in [1.807, 2.05) is 31.2 Å². The highest BCUT2D eigenvalue weighted by Crippen LogP contribution is 2.16. The molecular formula is C16H20N2OS. The molecule has 0 saturated heterocycles. The van der Waals surface area contributed by atoms with E-state index >= 15 is 0 Å². The maximum atomic E-state index is 11.8. The van der Waals surface area contributed by atoms with Gasteiger partial charge in [0.05, 0.1) is 6.54 Å². The van der Waals surface area contributed by atoms with Gasteiger partial charge in [-0.25, -0.2) is 0 Å². The second-order valence-electron chi connectivity index (χ2n) is 4.74. The minimum atomic E-state index is -0.00907. The molecule has 106 valence electrons. The first-order chi connectivity index (χ1) is 9.69. The number of amides is 1. The minimum absolute atomic E-state index is 0.00907. The first-order valence-electron chi connectivity index (χ1n) is 6.81. The minimum Gasteiger partial charge on any atom is -0.325 e. The van der Waals surface area contributed by atoms with Crippen molar-refractivity contribution in [3.05, 3.63) is 51.7 Å². The van der Waals surface area contributed by atoms with Gasteiger partial charge in [0.2, 0.25) is 5.91 Å². The maximum Gasteiger partial charge on any atom is 0.238 e. The largest absolute Gasteiger partial charge is 0.325 e. The summed E-state index contributed by atoms with van der Waals surface area (Å²) in [7, 11) is 0. The molecule has 0 radical (unpaired) electrons. The molecule has 0 saturated carbocycles. The van der Waals surface area contributed by atoms with Crippen LogP contribution in [0.3, 0.4) is 0 Å². The Morgan fingerprint density at radius 1 is 1.30 bits per heavy atom. The zero-order chi connectivity index (χ0) is 14.4. The van der Waals surface area contributed by atoms with Crippen molar-refractivity contribution in [2.24, 2.45) is 0 Å². The molecule has 0 bridgehead atoms. The molecule has 0 aliphatic carbocycles. The van der Waals surface area contributed by atoms with Gasteiger partial charge in [0.1, 0.15) is 0 Å². The van der Waals surface area contributed by atoms with E-state index in [1.54, 1.807) is 11.3 Å². The lowest BCUT2D eigenvalue weighted by atomic mass is 10.2. The molecule has 0 unspecified atom stereocenters. The van der Waals surface area contributed by atoms with Crippen LogP contribution in [0.5, 0.6) is 0 Å². The van der Waals surface area contributed by atoms with Gasteiger partial charge < -0.3 is 10.6 Å². The third kappa shape index (κ3) is 4.18. The summed E-state index contributed by atoms with van der Waals surface area (Å²) in [5.74, 6) is -0.00907. The number of rotatable bonds is 6. The lowest BCUT2D eigenvalue weighted by Gasteiger charge is -2.07. The first kappa shape index (κ1) is 14.8. The number of benzene rings is 1. The molecular weight excluding hydrogens is 268 g/mol. The molecule has 1 aromatic carbocycles. The van der Waals surface area contributed by atoms with Crippen LogP contribution in [0.1, 0.15) is 22.9 Å². The Balaban J connectivity index is 1.78. The Morgan fingerprint density at radius 2 is 2.15 bits per heavy atom. The van der Waals surface area contributed by atoms with Crippen LogP contribution in [0, 0.1) is 6.92 Å². The molecule has 1 amide bonds. The standard InChI is InChI=1S/C16H20N2OS/c1-3-13-7-8-20-15(13)10-17-11-16(19)18-14-6-4-5-12(2)9-14/h4-9,17H,3,10-11H2,1-2H3,(H,18,19). The Kier molecular flexibility index (Phi) is 5.32. The smallest absolute Gasteiger partial charge is 0.238 e. The van der Waals surface area contributed by atoms with E-state index < -0.39 is 0 Å². The van der Waals surface area contributed by atoms with Gasteiger partial charge in [0, 0.05) is 17.1 Å². The van der Waals surface area contributed by atoms with Crippen LogP contribution in [0.15, 0.2) is 35.7 Å². The highest BCUT2D eigenvalue weighted by molar-refractivity contribution is 7.10. The van der Waals surface area contributed by atoms with Crippen LogP contribution in [0.2, 0.25) is 0 Å². The Morgan fingerprint density at radius 3 is 2.90 bits per heavy atom. The quantitative estimate of drug-likeness (QED) is 0.856. The number of aryl methyl sites for hydroxylation is 2. The van der Waals surface area contributed by atoms with Gasteiger partial charge in [-0.1, -0.05) is 19.1 Å². The van der Waals surface area contributed by atoms with Gasteiger partial charge in [-0.2, -0.15) is 0 Å². The third-order valence-electron chi connectivity index (χ3n) is 3.09. The molecule has 2 N–H and O–H groups in total. The number of carbonyl (C=O) groups is 1. The number of carbonyl (C=O) groups excluding carboxylic acids is 1. The van der Waals surface area contributed by atoms with E-state index in [0.29, 0.717) is 6.54 Å². The Hall–Kier alpha value is -1.65. The second-order valence-corrected chi connectivity index (χ2v) is 5.74. The molecule has 0 atom stereocenters. The Labute approximate surface area is 124 Å². The van der Waals surface area contributed by atoms with Crippen LogP contribution in [0.25, 0.3) is 0 Å². The van der Waals surface area contributed by atoms with Crippen LogP contribution in [-0.2, 0) is 17.8 Å². The number of hydrogen-bond donors (Lipinski definition) is 2. The van der Waals surface area contributed by atoms with Gasteiger partial charge in [-0.3, -0.25) is 4.79 Å². The molecule has 2 rings (SSSR count). The zero-order valence-electron chi connectivity index (χ0n) is 11.9. The normalized spacial score (nSPS) is 10.5. The SMILES string of the molecule is CCc1ccsc1CNCC(=O)Nc1cccc(C)c1. The molecule has 0 fully saturated rings. The summed E-state index contributed by atoms with van der Waals surface area (Å²) in [6.07, 6.45) is 1.04. The van der Waals surface area contributed by atoms with E-state index in [2.05, 4.69) is 29.0 Å². The van der Waals surface area contributed by atoms with E-state index in [1.165, 1.54) is 10.4 Å². The average molecular weight is 288 g/mol. The first-order valence-corrected chi connectivity index (χ1v) is 7.69. The fraction of sp³-hybridized carbons (Fsp3) is 0.312. The lowest BCUT2D eigenvalue weighted by molar-refractivity contribution is -0.115. The van der Waals surface area contributed by atoms with Gasteiger partial charge in [0.15, 0.2) is 0 Å². The molecule has 3 nitrogen and oxygen atoms in total. The van der Waals surface area contributed by atoms with Crippen molar-refractivity contribution in [3.8, 4) is 0 Å². The highest BCUT2D eigenvalue weighted by atomic mass is 32.1. The van der Waals surface area contributed by atoms with E-state index in [-0.39, 0.29) is 5.91 Å².